The number of benzene rings is 1. The molecule has 2 N–H and O–H groups in total. The Morgan fingerprint density at radius 2 is 2.00 bits per heavy atom. The molecule has 0 saturated carbocycles. The van der Waals surface area contributed by atoms with Crippen molar-refractivity contribution in [3.05, 3.63) is 70.9 Å². The summed E-state index contributed by atoms with van der Waals surface area (Å²) in [5.74, 6) is -2.90. The molecule has 0 aliphatic carbocycles. The highest BCUT2D eigenvalue weighted by Gasteiger charge is 2.26. The number of thiophene rings is 1. The minimum absolute atomic E-state index is 0.0434. The number of allylic oxidation sites excluding steroid dienone is 1. The van der Waals surface area contributed by atoms with Crippen LogP contribution in [0.5, 0.6) is 0 Å². The Balaban J connectivity index is 2.00. The number of carboxylic acids is 1. The molecule has 0 fully saturated rings. The highest BCUT2D eigenvalue weighted by Crippen LogP contribution is 2.36. The van der Waals surface area contributed by atoms with Crippen molar-refractivity contribution in [3.8, 4) is 10.4 Å². The largest absolute Gasteiger partial charge is 0.478 e. The molecule has 0 bridgehead atoms. The van der Waals surface area contributed by atoms with Gasteiger partial charge in [0.05, 0.1) is 10.6 Å². The molecule has 0 aliphatic heterocycles. The van der Waals surface area contributed by atoms with Gasteiger partial charge in [-0.3, -0.25) is 9.36 Å². The summed E-state index contributed by atoms with van der Waals surface area (Å²) in [6.07, 6.45) is 1.29. The monoisotopic (exact) mass is 431 g/mol. The lowest BCUT2D eigenvalue weighted by atomic mass is 10.1. The fraction of sp³-hybridized carbons (Fsp3) is 0.0500. The molecule has 1 aromatic carbocycles. The summed E-state index contributed by atoms with van der Waals surface area (Å²) in [6.45, 7) is 8.75. The summed E-state index contributed by atoms with van der Waals surface area (Å²) in [7, 11) is 0. The first-order chi connectivity index (χ1) is 13.7. The molecule has 2 heterocycles. The number of hydrogen-bond acceptors (Lipinski definition) is 4. The van der Waals surface area contributed by atoms with Crippen molar-refractivity contribution in [2.75, 3.05) is 5.32 Å². The second-order valence-electron chi connectivity index (χ2n) is 6.00. The third kappa shape index (κ3) is 3.85. The van der Waals surface area contributed by atoms with Crippen molar-refractivity contribution in [2.45, 2.75) is 6.92 Å². The summed E-state index contributed by atoms with van der Waals surface area (Å²) in [4.78, 5) is 28.8. The van der Waals surface area contributed by atoms with Crippen LogP contribution in [0.2, 0.25) is 5.02 Å². The lowest BCUT2D eigenvalue weighted by Gasteiger charge is -2.06. The standard InChI is InChI=1S/C20H15ClFN3O3S/c1-4-14-24-16(18(22)25(14)10(2)3)19(26)23-13-9-29-17(15(13)20(27)28)11-5-7-12(21)8-6-11/h4-9H,1-2H2,3H3,(H,23,26)(H,27,28). The Hall–Kier alpha value is -3.23. The quantitative estimate of drug-likeness (QED) is 0.540. The molecule has 0 atom stereocenters. The van der Waals surface area contributed by atoms with Crippen LogP contribution in [-0.2, 0) is 0 Å². The van der Waals surface area contributed by atoms with E-state index in [1.54, 1.807) is 31.2 Å². The van der Waals surface area contributed by atoms with Crippen LogP contribution >= 0.6 is 22.9 Å². The van der Waals surface area contributed by atoms with E-state index in [0.717, 1.165) is 15.9 Å². The Bertz CT molecular complexity index is 1150. The van der Waals surface area contributed by atoms with Crippen molar-refractivity contribution < 1.29 is 19.1 Å². The van der Waals surface area contributed by atoms with Crippen molar-refractivity contribution in [2.24, 2.45) is 0 Å². The van der Waals surface area contributed by atoms with Crippen LogP contribution in [0.15, 0.2) is 42.8 Å². The number of rotatable bonds is 6. The van der Waals surface area contributed by atoms with Crippen LogP contribution < -0.4 is 5.32 Å². The smallest absolute Gasteiger partial charge is 0.339 e. The SMILES string of the molecule is C=Cc1nc(C(=O)Nc2csc(-c3ccc(Cl)cc3)c2C(=O)O)c(F)n1C(=C)C. The van der Waals surface area contributed by atoms with Gasteiger partial charge in [-0.15, -0.1) is 11.3 Å². The number of hydrogen-bond donors (Lipinski definition) is 2. The summed E-state index contributed by atoms with van der Waals surface area (Å²) in [5, 5.41) is 14.1. The van der Waals surface area contributed by atoms with Gasteiger partial charge < -0.3 is 10.4 Å². The maximum Gasteiger partial charge on any atom is 0.339 e. The second kappa shape index (κ2) is 8.02. The van der Waals surface area contributed by atoms with E-state index in [2.05, 4.69) is 23.5 Å². The van der Waals surface area contributed by atoms with Gasteiger partial charge in [0.1, 0.15) is 11.4 Å². The molecule has 29 heavy (non-hydrogen) atoms. The third-order valence-electron chi connectivity index (χ3n) is 3.99. The minimum Gasteiger partial charge on any atom is -0.478 e. The van der Waals surface area contributed by atoms with Crippen molar-refractivity contribution in [1.29, 1.82) is 0 Å². The van der Waals surface area contributed by atoms with E-state index in [1.807, 2.05) is 0 Å². The summed E-state index contributed by atoms with van der Waals surface area (Å²) < 4.78 is 15.7. The molecule has 0 aliphatic rings. The number of nitrogens with zero attached hydrogens (tertiary/aromatic N) is 2. The molecule has 148 valence electrons. The lowest BCUT2D eigenvalue weighted by Crippen LogP contribution is -2.16. The maximum atomic E-state index is 14.7. The van der Waals surface area contributed by atoms with Crippen LogP contribution in [0, 0.1) is 5.95 Å². The molecular formula is C20H15ClFN3O3S. The molecule has 6 nitrogen and oxygen atoms in total. The van der Waals surface area contributed by atoms with Crippen LogP contribution in [0.4, 0.5) is 10.1 Å². The molecule has 0 saturated heterocycles. The molecule has 1 amide bonds. The molecule has 9 heteroatoms. The summed E-state index contributed by atoms with van der Waals surface area (Å²) in [5.41, 5.74) is 0.398. The number of aromatic carboxylic acids is 1. The van der Waals surface area contributed by atoms with Crippen LogP contribution in [0.25, 0.3) is 22.2 Å². The van der Waals surface area contributed by atoms with Gasteiger partial charge in [0, 0.05) is 16.1 Å². The normalized spacial score (nSPS) is 10.6. The maximum absolute atomic E-state index is 14.7. The average Bonchev–Trinajstić information content (AvgIpc) is 3.23. The van der Waals surface area contributed by atoms with Gasteiger partial charge in [0.15, 0.2) is 5.69 Å². The zero-order valence-electron chi connectivity index (χ0n) is 15.2. The van der Waals surface area contributed by atoms with Crippen LogP contribution in [-0.4, -0.2) is 26.5 Å². The Labute approximate surface area is 174 Å². The van der Waals surface area contributed by atoms with Crippen molar-refractivity contribution in [3.63, 3.8) is 0 Å². The zero-order valence-corrected chi connectivity index (χ0v) is 16.8. The van der Waals surface area contributed by atoms with E-state index in [0.29, 0.717) is 21.2 Å². The van der Waals surface area contributed by atoms with Crippen LogP contribution in [0.3, 0.4) is 0 Å². The van der Waals surface area contributed by atoms with Gasteiger partial charge in [0.2, 0.25) is 5.95 Å². The first-order valence-electron chi connectivity index (χ1n) is 8.23. The molecule has 3 aromatic rings. The van der Waals surface area contributed by atoms with Gasteiger partial charge in [-0.25, -0.2) is 9.78 Å². The van der Waals surface area contributed by atoms with Gasteiger partial charge in [-0.05, 0) is 30.7 Å². The van der Waals surface area contributed by atoms with E-state index in [1.165, 1.54) is 11.5 Å². The molecule has 0 unspecified atom stereocenters. The summed E-state index contributed by atoms with van der Waals surface area (Å²) >= 11 is 7.01. The van der Waals surface area contributed by atoms with E-state index in [4.69, 9.17) is 11.6 Å². The predicted molar refractivity (Wildman–Crippen MR) is 113 cm³/mol. The number of nitrogens with one attached hydrogen (secondary N) is 1. The second-order valence-corrected chi connectivity index (χ2v) is 7.32. The zero-order chi connectivity index (χ0) is 21.3. The van der Waals surface area contributed by atoms with E-state index < -0.39 is 23.5 Å². The van der Waals surface area contributed by atoms with Gasteiger partial charge in [-0.1, -0.05) is 36.9 Å². The average molecular weight is 432 g/mol. The van der Waals surface area contributed by atoms with Crippen LogP contribution in [0.1, 0.15) is 33.6 Å². The predicted octanol–water partition coefficient (Wildman–Crippen LogP) is 5.49. The van der Waals surface area contributed by atoms with Gasteiger partial charge >= 0.3 is 5.97 Å². The van der Waals surface area contributed by atoms with E-state index in [9.17, 15) is 19.1 Å². The molecule has 0 radical (unpaired) electrons. The molecule has 2 aromatic heterocycles. The highest BCUT2D eigenvalue weighted by molar-refractivity contribution is 7.14. The number of carbonyl (C=O) groups excluding carboxylic acids is 1. The number of anilines is 1. The first kappa shape index (κ1) is 20.5. The number of imidazole rings is 1. The lowest BCUT2D eigenvalue weighted by molar-refractivity contribution is 0.0699. The number of aromatic nitrogens is 2. The fourth-order valence-electron chi connectivity index (χ4n) is 2.72. The number of carboxylic acid groups (broad SMARTS) is 1. The van der Waals surface area contributed by atoms with E-state index >= 15 is 0 Å². The minimum atomic E-state index is -1.23. The Kier molecular flexibility index (Phi) is 5.67. The van der Waals surface area contributed by atoms with Crippen molar-refractivity contribution >= 4 is 52.3 Å². The van der Waals surface area contributed by atoms with Crippen molar-refractivity contribution in [1.82, 2.24) is 9.55 Å². The van der Waals surface area contributed by atoms with E-state index in [-0.39, 0.29) is 17.1 Å². The molecule has 3 rings (SSSR count). The molecular weight excluding hydrogens is 417 g/mol. The first-order valence-corrected chi connectivity index (χ1v) is 9.49. The third-order valence-corrected chi connectivity index (χ3v) is 5.27. The fourth-order valence-corrected chi connectivity index (χ4v) is 3.84. The molecule has 0 spiro atoms. The summed E-state index contributed by atoms with van der Waals surface area (Å²) in [6, 6.07) is 6.63. The Morgan fingerprint density at radius 1 is 1.34 bits per heavy atom. The van der Waals surface area contributed by atoms with Gasteiger partial charge in [0.25, 0.3) is 5.91 Å². The Morgan fingerprint density at radius 3 is 2.52 bits per heavy atom. The highest BCUT2D eigenvalue weighted by atomic mass is 35.5. The van der Waals surface area contributed by atoms with Gasteiger partial charge in [-0.2, -0.15) is 4.39 Å². The topological polar surface area (TPSA) is 84.2 Å². The number of amides is 1. The number of halogens is 2. The number of carbonyl (C=O) groups is 2.